The maximum atomic E-state index is 12.0. The third-order valence-electron chi connectivity index (χ3n) is 4.95. The van der Waals surface area contributed by atoms with Crippen molar-refractivity contribution in [1.82, 2.24) is 14.9 Å². The molecule has 0 bridgehead atoms. The van der Waals surface area contributed by atoms with Crippen LogP contribution in [0.25, 0.3) is 0 Å². The monoisotopic (exact) mass is 304 g/mol. The van der Waals surface area contributed by atoms with Crippen molar-refractivity contribution in [2.24, 2.45) is 5.41 Å². The summed E-state index contributed by atoms with van der Waals surface area (Å²) >= 11 is 0. The van der Waals surface area contributed by atoms with E-state index < -0.39 is 0 Å². The Kier molecular flexibility index (Phi) is 4.29. The lowest BCUT2D eigenvalue weighted by Crippen LogP contribution is -2.43. The number of hydrogen-bond donors (Lipinski definition) is 0. The molecule has 0 radical (unpaired) electrons. The fraction of sp³-hybridized carbons (Fsp3) is 0.688. The summed E-state index contributed by atoms with van der Waals surface area (Å²) in [6.45, 7) is 3.75. The molecule has 1 spiro atoms. The van der Waals surface area contributed by atoms with Crippen LogP contribution >= 0.6 is 0 Å². The first-order valence-electron chi connectivity index (χ1n) is 7.96. The average Bonchev–Trinajstić information content (AvgIpc) is 2.55. The van der Waals surface area contributed by atoms with Crippen LogP contribution in [0.1, 0.15) is 36.2 Å². The molecule has 2 fully saturated rings. The van der Waals surface area contributed by atoms with Crippen molar-refractivity contribution in [3.8, 4) is 0 Å². The molecule has 2 aliphatic rings. The Morgan fingerprint density at radius 2 is 1.86 bits per heavy atom. The van der Waals surface area contributed by atoms with Gasteiger partial charge in [-0.05, 0) is 31.1 Å². The molecular weight excluding hydrogens is 280 g/mol. The van der Waals surface area contributed by atoms with E-state index in [1.165, 1.54) is 36.8 Å². The van der Waals surface area contributed by atoms with Gasteiger partial charge in [-0.15, -0.1) is 0 Å². The van der Waals surface area contributed by atoms with Crippen LogP contribution in [0.2, 0.25) is 0 Å². The van der Waals surface area contributed by atoms with Gasteiger partial charge in [-0.3, -0.25) is 9.78 Å². The van der Waals surface area contributed by atoms with Crippen LogP contribution in [-0.4, -0.2) is 61.2 Å². The highest BCUT2D eigenvalue weighted by Crippen LogP contribution is 2.41. The summed E-state index contributed by atoms with van der Waals surface area (Å²) in [6.07, 6.45) is 7.98. The topological polar surface area (TPSA) is 58.6 Å². The summed E-state index contributed by atoms with van der Waals surface area (Å²) in [4.78, 5) is 24.5. The minimum Gasteiger partial charge on any atom is -0.381 e. The number of ether oxygens (including phenoxy) is 1. The second-order valence-corrected chi connectivity index (χ2v) is 6.56. The molecule has 0 unspecified atom stereocenters. The minimum absolute atomic E-state index is 0.104. The second-order valence-electron chi connectivity index (χ2n) is 6.56. The Hall–Kier alpha value is -1.69. The van der Waals surface area contributed by atoms with Gasteiger partial charge in [0.15, 0.2) is 0 Å². The van der Waals surface area contributed by atoms with E-state index in [-0.39, 0.29) is 5.91 Å². The van der Waals surface area contributed by atoms with E-state index in [2.05, 4.69) is 14.9 Å². The number of aromatic nitrogens is 2. The highest BCUT2D eigenvalue weighted by atomic mass is 16.5. The first-order valence-corrected chi connectivity index (χ1v) is 7.96. The molecule has 3 heterocycles. The molecule has 0 atom stereocenters. The number of anilines is 1. The zero-order valence-electron chi connectivity index (χ0n) is 13.4. The first kappa shape index (κ1) is 15.2. The lowest BCUT2D eigenvalue weighted by atomic mass is 9.72. The molecule has 22 heavy (non-hydrogen) atoms. The molecule has 2 aliphatic heterocycles. The van der Waals surface area contributed by atoms with Crippen LogP contribution < -0.4 is 4.90 Å². The number of amides is 1. The van der Waals surface area contributed by atoms with Gasteiger partial charge in [0, 0.05) is 40.4 Å². The van der Waals surface area contributed by atoms with Crippen LogP contribution in [0.15, 0.2) is 12.4 Å². The summed E-state index contributed by atoms with van der Waals surface area (Å²) in [5.74, 6) is 0.710. The van der Waals surface area contributed by atoms with Crippen LogP contribution in [0, 0.1) is 5.41 Å². The van der Waals surface area contributed by atoms with Gasteiger partial charge >= 0.3 is 0 Å². The lowest BCUT2D eigenvalue weighted by molar-refractivity contribution is 0.00204. The normalized spacial score (nSPS) is 20.9. The van der Waals surface area contributed by atoms with Crippen molar-refractivity contribution in [1.29, 1.82) is 0 Å². The van der Waals surface area contributed by atoms with Gasteiger partial charge in [0.25, 0.3) is 5.91 Å². The van der Waals surface area contributed by atoms with E-state index in [9.17, 15) is 4.79 Å². The molecule has 6 heteroatoms. The number of carbonyl (C=O) groups is 1. The molecule has 0 N–H and O–H groups in total. The maximum Gasteiger partial charge on any atom is 0.273 e. The molecule has 1 aromatic heterocycles. The molecule has 6 nitrogen and oxygen atoms in total. The summed E-state index contributed by atoms with van der Waals surface area (Å²) in [5.41, 5.74) is 0.869. The van der Waals surface area contributed by atoms with Crippen molar-refractivity contribution in [3.05, 3.63) is 18.1 Å². The van der Waals surface area contributed by atoms with E-state index in [0.717, 1.165) is 32.1 Å². The summed E-state index contributed by atoms with van der Waals surface area (Å²) in [5, 5.41) is 0. The SMILES string of the molecule is CN(C)C(=O)c1cncc(N2CCC3(CCOCC3)CC2)n1. The number of carbonyl (C=O) groups excluding carboxylic acids is 1. The Morgan fingerprint density at radius 1 is 1.18 bits per heavy atom. The molecular formula is C16H24N4O2. The first-order chi connectivity index (χ1) is 10.6. The fourth-order valence-corrected chi connectivity index (χ4v) is 3.35. The molecule has 0 saturated carbocycles. The fourth-order valence-electron chi connectivity index (χ4n) is 3.35. The van der Waals surface area contributed by atoms with E-state index in [0.29, 0.717) is 11.1 Å². The zero-order valence-corrected chi connectivity index (χ0v) is 13.4. The van der Waals surface area contributed by atoms with Crippen molar-refractivity contribution >= 4 is 11.7 Å². The molecule has 120 valence electrons. The number of nitrogens with zero attached hydrogens (tertiary/aromatic N) is 4. The van der Waals surface area contributed by atoms with Gasteiger partial charge in [0.05, 0.1) is 12.4 Å². The van der Waals surface area contributed by atoms with Crippen molar-refractivity contribution in [2.75, 3.05) is 45.3 Å². The lowest BCUT2D eigenvalue weighted by Gasteiger charge is -2.44. The van der Waals surface area contributed by atoms with Crippen molar-refractivity contribution in [2.45, 2.75) is 25.7 Å². The van der Waals surface area contributed by atoms with E-state index in [1.807, 2.05) is 0 Å². The van der Waals surface area contributed by atoms with Gasteiger partial charge in [0.1, 0.15) is 11.5 Å². The third-order valence-corrected chi connectivity index (χ3v) is 4.95. The van der Waals surface area contributed by atoms with Crippen LogP contribution in [-0.2, 0) is 4.74 Å². The maximum absolute atomic E-state index is 12.0. The number of rotatable bonds is 2. The van der Waals surface area contributed by atoms with Crippen LogP contribution in [0.4, 0.5) is 5.82 Å². The molecule has 3 rings (SSSR count). The third kappa shape index (κ3) is 3.06. The van der Waals surface area contributed by atoms with Gasteiger partial charge in [-0.2, -0.15) is 0 Å². The predicted molar refractivity (Wildman–Crippen MR) is 84.0 cm³/mol. The highest BCUT2D eigenvalue weighted by molar-refractivity contribution is 5.91. The van der Waals surface area contributed by atoms with Crippen LogP contribution in [0.5, 0.6) is 0 Å². The molecule has 0 aromatic carbocycles. The Balaban J connectivity index is 1.68. The smallest absolute Gasteiger partial charge is 0.273 e. The van der Waals surface area contributed by atoms with Crippen LogP contribution in [0.3, 0.4) is 0 Å². The van der Waals surface area contributed by atoms with Crippen molar-refractivity contribution < 1.29 is 9.53 Å². The largest absolute Gasteiger partial charge is 0.381 e. The Bertz CT molecular complexity index is 531. The minimum atomic E-state index is -0.104. The van der Waals surface area contributed by atoms with E-state index in [4.69, 9.17) is 4.74 Å². The molecule has 1 aromatic rings. The Labute approximate surface area is 131 Å². The van der Waals surface area contributed by atoms with E-state index in [1.54, 1.807) is 20.3 Å². The van der Waals surface area contributed by atoms with Gasteiger partial charge < -0.3 is 14.5 Å². The number of hydrogen-bond acceptors (Lipinski definition) is 5. The Morgan fingerprint density at radius 3 is 2.50 bits per heavy atom. The number of piperidine rings is 1. The van der Waals surface area contributed by atoms with Gasteiger partial charge in [0.2, 0.25) is 0 Å². The zero-order chi connectivity index (χ0) is 15.6. The standard InChI is InChI=1S/C16H24N4O2/c1-19(2)15(21)13-11-17-12-14(18-13)20-7-3-16(4-8-20)5-9-22-10-6-16/h11-12H,3-10H2,1-2H3. The summed E-state index contributed by atoms with van der Waals surface area (Å²) in [7, 11) is 3.46. The average molecular weight is 304 g/mol. The van der Waals surface area contributed by atoms with E-state index >= 15 is 0 Å². The van der Waals surface area contributed by atoms with Gasteiger partial charge in [-0.1, -0.05) is 0 Å². The molecule has 1 amide bonds. The summed E-state index contributed by atoms with van der Waals surface area (Å²) in [6, 6.07) is 0. The molecule has 0 aliphatic carbocycles. The quantitative estimate of drug-likeness (QED) is 0.830. The highest BCUT2D eigenvalue weighted by Gasteiger charge is 2.36. The van der Waals surface area contributed by atoms with Gasteiger partial charge in [-0.25, -0.2) is 4.98 Å². The predicted octanol–water partition coefficient (Wildman–Crippen LogP) is 1.58. The second kappa shape index (κ2) is 6.20. The molecule has 2 saturated heterocycles. The summed E-state index contributed by atoms with van der Waals surface area (Å²) < 4.78 is 5.49. The van der Waals surface area contributed by atoms with Crippen molar-refractivity contribution in [3.63, 3.8) is 0 Å².